The highest BCUT2D eigenvalue weighted by atomic mass is 15.1. The molecule has 0 aromatic carbocycles. The molecule has 0 saturated carbocycles. The maximum atomic E-state index is 4.35. The second kappa shape index (κ2) is 6.35. The van der Waals surface area contributed by atoms with Crippen LogP contribution in [0.2, 0.25) is 0 Å². The molecule has 0 fully saturated rings. The molecule has 0 bridgehead atoms. The molecule has 84 valence electrons. The molecule has 1 N–H and O–H groups in total. The maximum Gasteiger partial charge on any atom is 0.144 e. The van der Waals surface area contributed by atoms with E-state index in [1.165, 1.54) is 6.42 Å². The Morgan fingerprint density at radius 1 is 1.27 bits per heavy atom. The molecule has 4 heteroatoms. The summed E-state index contributed by atoms with van der Waals surface area (Å²) in [6.45, 7) is 7.06. The van der Waals surface area contributed by atoms with Gasteiger partial charge in [0.15, 0.2) is 0 Å². The fourth-order valence-corrected chi connectivity index (χ4v) is 1.45. The number of hydrogen-bond acceptors (Lipinski definition) is 4. The Morgan fingerprint density at radius 2 is 2.07 bits per heavy atom. The van der Waals surface area contributed by atoms with Crippen molar-refractivity contribution in [2.24, 2.45) is 0 Å². The number of aromatic nitrogens is 2. The zero-order chi connectivity index (χ0) is 11.1. The molecule has 0 aliphatic heterocycles. The lowest BCUT2D eigenvalue weighted by atomic mass is 10.4. The van der Waals surface area contributed by atoms with Crippen LogP contribution < -0.4 is 5.32 Å². The minimum absolute atomic E-state index is 0.847. The number of anilines is 1. The molecule has 1 heterocycles. The van der Waals surface area contributed by atoms with Crippen molar-refractivity contribution in [2.75, 3.05) is 25.5 Å². The third-order valence-electron chi connectivity index (χ3n) is 2.10. The molecule has 0 radical (unpaired) electrons. The summed E-state index contributed by atoms with van der Waals surface area (Å²) in [5, 5.41) is 3.13. The van der Waals surface area contributed by atoms with Gasteiger partial charge in [0, 0.05) is 13.1 Å². The lowest BCUT2D eigenvalue weighted by molar-refractivity contribution is 0.323. The summed E-state index contributed by atoms with van der Waals surface area (Å²) >= 11 is 0. The Labute approximate surface area is 91.7 Å². The van der Waals surface area contributed by atoms with Gasteiger partial charge in [-0.2, -0.15) is 0 Å². The van der Waals surface area contributed by atoms with Crippen LogP contribution in [-0.2, 0) is 6.54 Å². The summed E-state index contributed by atoms with van der Waals surface area (Å²) in [4.78, 5) is 10.9. The fraction of sp³-hybridized carbons (Fsp3) is 0.636. The van der Waals surface area contributed by atoms with Crippen molar-refractivity contribution in [2.45, 2.75) is 26.8 Å². The zero-order valence-electron chi connectivity index (χ0n) is 9.82. The van der Waals surface area contributed by atoms with Gasteiger partial charge in [-0.05, 0) is 26.9 Å². The molecule has 1 aromatic heterocycles. The van der Waals surface area contributed by atoms with E-state index in [2.05, 4.69) is 34.2 Å². The van der Waals surface area contributed by atoms with Gasteiger partial charge in [0.05, 0.1) is 18.1 Å². The number of nitrogens with one attached hydrogen (secondary N) is 1. The molecular formula is C11H20N4. The monoisotopic (exact) mass is 208 g/mol. The van der Waals surface area contributed by atoms with Crippen LogP contribution >= 0.6 is 0 Å². The van der Waals surface area contributed by atoms with Gasteiger partial charge in [0.25, 0.3) is 0 Å². The van der Waals surface area contributed by atoms with Gasteiger partial charge in [-0.25, -0.2) is 4.98 Å². The molecule has 0 amide bonds. The van der Waals surface area contributed by atoms with Crippen molar-refractivity contribution >= 4 is 5.82 Å². The van der Waals surface area contributed by atoms with E-state index in [0.29, 0.717) is 0 Å². The predicted molar refractivity (Wildman–Crippen MR) is 62.8 cm³/mol. The molecule has 0 saturated heterocycles. The van der Waals surface area contributed by atoms with E-state index in [1.54, 1.807) is 6.20 Å². The van der Waals surface area contributed by atoms with Crippen LogP contribution in [0.1, 0.15) is 26.0 Å². The van der Waals surface area contributed by atoms with Crippen molar-refractivity contribution in [3.8, 4) is 0 Å². The van der Waals surface area contributed by atoms with Crippen LogP contribution in [0, 0.1) is 0 Å². The maximum absolute atomic E-state index is 4.35. The van der Waals surface area contributed by atoms with Crippen LogP contribution in [0.4, 0.5) is 5.82 Å². The highest BCUT2D eigenvalue weighted by molar-refractivity contribution is 5.30. The minimum atomic E-state index is 0.847. The number of rotatable bonds is 6. The van der Waals surface area contributed by atoms with Crippen LogP contribution in [0.3, 0.4) is 0 Å². The Balaban J connectivity index is 2.48. The third-order valence-corrected chi connectivity index (χ3v) is 2.10. The van der Waals surface area contributed by atoms with E-state index in [0.717, 1.165) is 31.1 Å². The summed E-state index contributed by atoms with van der Waals surface area (Å²) in [6, 6.07) is 0. The highest BCUT2D eigenvalue weighted by Crippen LogP contribution is 2.03. The predicted octanol–water partition coefficient (Wildman–Crippen LogP) is 1.75. The third kappa shape index (κ3) is 4.25. The second-order valence-electron chi connectivity index (χ2n) is 3.66. The van der Waals surface area contributed by atoms with Crippen molar-refractivity contribution < 1.29 is 0 Å². The van der Waals surface area contributed by atoms with Crippen LogP contribution in [0.5, 0.6) is 0 Å². The molecule has 0 unspecified atom stereocenters. The number of hydrogen-bond donors (Lipinski definition) is 1. The summed E-state index contributed by atoms with van der Waals surface area (Å²) in [6.07, 6.45) is 4.79. The van der Waals surface area contributed by atoms with Crippen LogP contribution in [0.25, 0.3) is 0 Å². The minimum Gasteiger partial charge on any atom is -0.369 e. The van der Waals surface area contributed by atoms with Gasteiger partial charge in [-0.3, -0.25) is 4.98 Å². The Morgan fingerprint density at radius 3 is 2.60 bits per heavy atom. The summed E-state index contributed by atoms with van der Waals surface area (Å²) in [5.41, 5.74) is 1.02. The molecule has 1 rings (SSSR count). The molecule has 0 atom stereocenters. The Bertz CT molecular complexity index is 270. The first-order valence-corrected chi connectivity index (χ1v) is 5.49. The smallest absolute Gasteiger partial charge is 0.144 e. The zero-order valence-corrected chi connectivity index (χ0v) is 9.82. The lowest BCUT2D eigenvalue weighted by Gasteiger charge is -2.14. The Hall–Kier alpha value is -1.16. The van der Waals surface area contributed by atoms with E-state index in [1.807, 2.05) is 13.1 Å². The van der Waals surface area contributed by atoms with E-state index >= 15 is 0 Å². The van der Waals surface area contributed by atoms with Gasteiger partial charge in [0.2, 0.25) is 0 Å². The van der Waals surface area contributed by atoms with Crippen molar-refractivity contribution in [1.82, 2.24) is 14.9 Å². The number of nitrogens with zero attached hydrogens (tertiary/aromatic N) is 3. The summed E-state index contributed by atoms with van der Waals surface area (Å²) in [7, 11) is 2.10. The highest BCUT2D eigenvalue weighted by Gasteiger charge is 2.00. The Kier molecular flexibility index (Phi) is 5.04. The second-order valence-corrected chi connectivity index (χ2v) is 3.66. The first kappa shape index (κ1) is 11.9. The molecule has 1 aromatic rings. The van der Waals surface area contributed by atoms with Gasteiger partial charge in [-0.1, -0.05) is 6.92 Å². The van der Waals surface area contributed by atoms with Crippen LogP contribution in [0.15, 0.2) is 12.4 Å². The lowest BCUT2D eigenvalue weighted by Crippen LogP contribution is -2.19. The first-order valence-electron chi connectivity index (χ1n) is 5.49. The van der Waals surface area contributed by atoms with E-state index < -0.39 is 0 Å². The van der Waals surface area contributed by atoms with E-state index in [-0.39, 0.29) is 0 Å². The van der Waals surface area contributed by atoms with Gasteiger partial charge < -0.3 is 10.2 Å². The fourth-order valence-electron chi connectivity index (χ4n) is 1.45. The van der Waals surface area contributed by atoms with Gasteiger partial charge in [0.1, 0.15) is 5.82 Å². The average molecular weight is 208 g/mol. The molecule has 0 aliphatic rings. The van der Waals surface area contributed by atoms with Crippen molar-refractivity contribution in [3.05, 3.63) is 18.1 Å². The van der Waals surface area contributed by atoms with Crippen molar-refractivity contribution in [1.29, 1.82) is 0 Å². The van der Waals surface area contributed by atoms with Gasteiger partial charge >= 0.3 is 0 Å². The average Bonchev–Trinajstić information content (AvgIpc) is 2.22. The SMILES string of the molecule is CCCN(C)Cc1cnc(NCC)cn1. The molecular weight excluding hydrogens is 188 g/mol. The molecule has 4 nitrogen and oxygen atoms in total. The van der Waals surface area contributed by atoms with E-state index in [4.69, 9.17) is 0 Å². The molecule has 0 spiro atoms. The van der Waals surface area contributed by atoms with Crippen LogP contribution in [-0.4, -0.2) is 35.0 Å². The van der Waals surface area contributed by atoms with Crippen molar-refractivity contribution in [3.63, 3.8) is 0 Å². The summed E-state index contributed by atoms with van der Waals surface area (Å²) in [5.74, 6) is 0.847. The molecule has 0 aliphatic carbocycles. The summed E-state index contributed by atoms with van der Waals surface area (Å²) < 4.78 is 0. The quantitative estimate of drug-likeness (QED) is 0.773. The van der Waals surface area contributed by atoms with E-state index in [9.17, 15) is 0 Å². The normalized spacial score (nSPS) is 10.7. The topological polar surface area (TPSA) is 41.1 Å². The standard InChI is InChI=1S/C11H20N4/c1-4-6-15(3)9-10-7-14-11(8-13-10)12-5-2/h7-8H,4-6,9H2,1-3H3,(H,12,14). The first-order chi connectivity index (χ1) is 7.26. The van der Waals surface area contributed by atoms with Gasteiger partial charge in [-0.15, -0.1) is 0 Å². The molecule has 15 heavy (non-hydrogen) atoms. The largest absolute Gasteiger partial charge is 0.369 e.